The lowest BCUT2D eigenvalue weighted by atomic mass is 9.92. The number of fused-ring (bicyclic) bond motifs is 4. The number of nitrogens with zero attached hydrogens (tertiary/aromatic N) is 2. The summed E-state index contributed by atoms with van der Waals surface area (Å²) in [5.74, 6) is 1.86. The van der Waals surface area contributed by atoms with Gasteiger partial charge in [0.1, 0.15) is 5.82 Å². The van der Waals surface area contributed by atoms with E-state index in [4.69, 9.17) is 4.98 Å². The lowest BCUT2D eigenvalue weighted by Gasteiger charge is -2.23. The summed E-state index contributed by atoms with van der Waals surface area (Å²) in [5, 5.41) is 0. The fraction of sp³-hybridized carbons (Fsp3) is 0.219. The predicted octanol–water partition coefficient (Wildman–Crippen LogP) is 8.51. The van der Waals surface area contributed by atoms with Gasteiger partial charge in [-0.2, -0.15) is 0 Å². The molecule has 2 heteroatoms. The molecule has 0 bridgehead atoms. The van der Waals surface area contributed by atoms with Crippen LogP contribution < -0.4 is 0 Å². The van der Waals surface area contributed by atoms with Crippen molar-refractivity contribution in [3.63, 3.8) is 0 Å². The number of imidazole rings is 1. The third kappa shape index (κ3) is 3.13. The molecule has 2 nitrogen and oxygen atoms in total. The number of para-hydroxylation sites is 3. The summed E-state index contributed by atoms with van der Waals surface area (Å²) < 4.78 is 2.44. The Kier molecular flexibility index (Phi) is 4.91. The maximum Gasteiger partial charge on any atom is 0.146 e. The number of hydrogen-bond acceptors (Lipinski definition) is 1. The first-order valence-electron chi connectivity index (χ1n) is 12.4. The first-order chi connectivity index (χ1) is 16.5. The molecule has 0 amide bonds. The van der Waals surface area contributed by atoms with E-state index >= 15 is 0 Å². The Balaban J connectivity index is 1.70. The van der Waals surface area contributed by atoms with Crippen LogP contribution in [0.3, 0.4) is 0 Å². The maximum absolute atomic E-state index is 5.26. The van der Waals surface area contributed by atoms with Crippen LogP contribution >= 0.6 is 0 Å². The Morgan fingerprint density at radius 3 is 2.03 bits per heavy atom. The van der Waals surface area contributed by atoms with E-state index in [1.54, 1.807) is 0 Å². The fourth-order valence-electron chi connectivity index (χ4n) is 5.57. The molecule has 4 aromatic carbocycles. The van der Waals surface area contributed by atoms with Gasteiger partial charge in [-0.25, -0.2) is 4.98 Å². The smallest absolute Gasteiger partial charge is 0.146 e. The normalized spacial score (nSPS) is 12.5. The Morgan fingerprint density at radius 2 is 1.26 bits per heavy atom. The van der Waals surface area contributed by atoms with Gasteiger partial charge in [0.05, 0.1) is 16.7 Å². The molecular formula is C32H30N2. The van der Waals surface area contributed by atoms with Crippen LogP contribution in [0, 0.1) is 0 Å². The van der Waals surface area contributed by atoms with E-state index in [0.717, 1.165) is 17.8 Å². The average molecular weight is 443 g/mol. The topological polar surface area (TPSA) is 17.8 Å². The Hall–Kier alpha value is -3.65. The Labute approximate surface area is 201 Å². The van der Waals surface area contributed by atoms with Gasteiger partial charge in [0.2, 0.25) is 0 Å². The van der Waals surface area contributed by atoms with Gasteiger partial charge in [0.15, 0.2) is 0 Å². The summed E-state index contributed by atoms with van der Waals surface area (Å²) in [6.07, 6.45) is 0.952. The highest BCUT2D eigenvalue weighted by Crippen LogP contribution is 2.43. The Morgan fingerprint density at radius 1 is 0.647 bits per heavy atom. The molecule has 0 saturated carbocycles. The highest BCUT2D eigenvalue weighted by Gasteiger charge is 2.26. The van der Waals surface area contributed by atoms with Gasteiger partial charge in [-0.1, -0.05) is 100 Å². The van der Waals surface area contributed by atoms with Crippen molar-refractivity contribution in [3.05, 3.63) is 107 Å². The van der Waals surface area contributed by atoms with Gasteiger partial charge >= 0.3 is 0 Å². The van der Waals surface area contributed by atoms with Crippen molar-refractivity contribution in [2.45, 2.75) is 46.0 Å². The zero-order valence-corrected chi connectivity index (χ0v) is 20.3. The molecule has 0 radical (unpaired) electrons. The largest absolute Gasteiger partial charge is 0.292 e. The van der Waals surface area contributed by atoms with Crippen molar-refractivity contribution in [3.8, 4) is 28.2 Å². The molecule has 1 aliphatic rings. The molecule has 5 aromatic rings. The molecule has 0 N–H and O–H groups in total. The molecule has 0 aliphatic heterocycles. The molecule has 1 heterocycles. The van der Waals surface area contributed by atoms with Gasteiger partial charge in [0, 0.05) is 5.56 Å². The minimum Gasteiger partial charge on any atom is -0.292 e. The Bertz CT molecular complexity index is 1510. The molecule has 0 atom stereocenters. The van der Waals surface area contributed by atoms with Gasteiger partial charge in [-0.05, 0) is 63.8 Å². The minimum atomic E-state index is 0.411. The first kappa shape index (κ1) is 20.9. The van der Waals surface area contributed by atoms with Crippen molar-refractivity contribution in [2.24, 2.45) is 0 Å². The fourth-order valence-corrected chi connectivity index (χ4v) is 5.57. The summed E-state index contributed by atoms with van der Waals surface area (Å²) >= 11 is 0. The average Bonchev–Trinajstić information content (AvgIpc) is 3.42. The van der Waals surface area contributed by atoms with Crippen molar-refractivity contribution in [1.29, 1.82) is 0 Å². The van der Waals surface area contributed by atoms with E-state index in [-0.39, 0.29) is 0 Å². The van der Waals surface area contributed by atoms with E-state index < -0.39 is 0 Å². The molecular weight excluding hydrogens is 412 g/mol. The van der Waals surface area contributed by atoms with Crippen molar-refractivity contribution in [1.82, 2.24) is 9.55 Å². The van der Waals surface area contributed by atoms with Gasteiger partial charge < -0.3 is 0 Å². The van der Waals surface area contributed by atoms with E-state index in [9.17, 15) is 0 Å². The molecule has 1 aromatic heterocycles. The van der Waals surface area contributed by atoms with Crippen LogP contribution in [-0.2, 0) is 6.42 Å². The summed E-state index contributed by atoms with van der Waals surface area (Å²) in [6.45, 7) is 9.16. The van der Waals surface area contributed by atoms with Crippen molar-refractivity contribution in [2.75, 3.05) is 0 Å². The second-order valence-corrected chi connectivity index (χ2v) is 10.0. The quantitative estimate of drug-likeness (QED) is 0.267. The highest BCUT2D eigenvalue weighted by molar-refractivity contribution is 5.88. The molecule has 0 saturated heterocycles. The minimum absolute atomic E-state index is 0.411. The lowest BCUT2D eigenvalue weighted by Crippen LogP contribution is -2.09. The van der Waals surface area contributed by atoms with Crippen LogP contribution in [0.5, 0.6) is 0 Å². The third-order valence-corrected chi connectivity index (χ3v) is 7.22. The van der Waals surface area contributed by atoms with E-state index in [0.29, 0.717) is 11.8 Å². The second-order valence-electron chi connectivity index (χ2n) is 10.0. The standard InChI is InChI=1S/C32H30N2/c1-20(2)23-13-9-14-24(21(3)4)31(23)34-30-18-8-7-17-29(30)33-32(34)27-16-10-15-26-25-12-6-5-11-22(25)19-28(26)27/h5-18,20-21H,19H2,1-4H3. The molecule has 0 unspecified atom stereocenters. The van der Waals surface area contributed by atoms with Gasteiger partial charge in [-0.3, -0.25) is 4.57 Å². The molecule has 1 aliphatic carbocycles. The molecule has 6 rings (SSSR count). The SMILES string of the molecule is CC(C)c1cccc(C(C)C)c1-n1c(-c2cccc3c2Cc2ccccc2-3)nc2ccccc21. The van der Waals surface area contributed by atoms with Crippen molar-refractivity contribution >= 4 is 11.0 Å². The summed E-state index contributed by atoms with van der Waals surface area (Å²) in [6, 6.07) is 30.9. The van der Waals surface area contributed by atoms with E-state index in [1.165, 1.54) is 50.1 Å². The van der Waals surface area contributed by atoms with E-state index in [1.807, 2.05) is 0 Å². The second kappa shape index (κ2) is 7.99. The van der Waals surface area contributed by atoms with Crippen LogP contribution in [0.1, 0.15) is 61.8 Å². The van der Waals surface area contributed by atoms with Crippen molar-refractivity contribution < 1.29 is 0 Å². The zero-order valence-electron chi connectivity index (χ0n) is 20.3. The first-order valence-corrected chi connectivity index (χ1v) is 12.4. The summed E-state index contributed by atoms with van der Waals surface area (Å²) in [7, 11) is 0. The number of hydrogen-bond donors (Lipinski definition) is 0. The van der Waals surface area contributed by atoms with Crippen LogP contribution in [0.15, 0.2) is 84.9 Å². The maximum atomic E-state index is 5.26. The monoisotopic (exact) mass is 442 g/mol. The third-order valence-electron chi connectivity index (χ3n) is 7.22. The summed E-state index contributed by atoms with van der Waals surface area (Å²) in [5.41, 5.74) is 13.0. The summed E-state index contributed by atoms with van der Waals surface area (Å²) in [4.78, 5) is 5.26. The molecule has 168 valence electrons. The number of benzene rings is 4. The van der Waals surface area contributed by atoms with Gasteiger partial charge in [-0.15, -0.1) is 0 Å². The lowest BCUT2D eigenvalue weighted by molar-refractivity contribution is 0.811. The van der Waals surface area contributed by atoms with Crippen LogP contribution in [0.2, 0.25) is 0 Å². The molecule has 0 spiro atoms. The van der Waals surface area contributed by atoms with E-state index in [2.05, 4.69) is 117 Å². The zero-order chi connectivity index (χ0) is 23.4. The highest BCUT2D eigenvalue weighted by atomic mass is 15.1. The molecule has 34 heavy (non-hydrogen) atoms. The number of aromatic nitrogens is 2. The predicted molar refractivity (Wildman–Crippen MR) is 143 cm³/mol. The van der Waals surface area contributed by atoms with Crippen LogP contribution in [0.4, 0.5) is 0 Å². The van der Waals surface area contributed by atoms with Gasteiger partial charge in [0.25, 0.3) is 0 Å². The van der Waals surface area contributed by atoms with Crippen LogP contribution in [-0.4, -0.2) is 9.55 Å². The molecule has 0 fully saturated rings. The van der Waals surface area contributed by atoms with Crippen LogP contribution in [0.25, 0.3) is 39.2 Å². The number of rotatable bonds is 4.